The Balaban J connectivity index is 2.59. The highest BCUT2D eigenvalue weighted by molar-refractivity contribution is 5.89. The zero-order valence-corrected chi connectivity index (χ0v) is 8.34. The number of aryl methyl sites for hydroxylation is 1. The van der Waals surface area contributed by atoms with E-state index in [2.05, 4.69) is 4.98 Å². The number of nitrogens with two attached hydrogens (primary N) is 1. The van der Waals surface area contributed by atoms with Crippen LogP contribution in [0.3, 0.4) is 0 Å². The number of hydrogen-bond acceptors (Lipinski definition) is 2. The molecular weight excluding hydrogens is 190 g/mol. The summed E-state index contributed by atoms with van der Waals surface area (Å²) in [6.45, 7) is 1.97. The quantitative estimate of drug-likeness (QED) is 0.795. The van der Waals surface area contributed by atoms with Gasteiger partial charge in [-0.25, -0.2) is 4.98 Å². The predicted molar refractivity (Wildman–Crippen MR) is 56.8 cm³/mol. The van der Waals surface area contributed by atoms with Crippen LogP contribution in [-0.4, -0.2) is 15.5 Å². The Morgan fingerprint density at radius 1 is 1.40 bits per heavy atom. The van der Waals surface area contributed by atoms with E-state index in [-0.39, 0.29) is 5.82 Å². The molecule has 1 heterocycles. The molecule has 2 rings (SSSR count). The fourth-order valence-corrected chi connectivity index (χ4v) is 1.51. The second-order valence-corrected chi connectivity index (χ2v) is 3.27. The maximum absolute atomic E-state index is 11.1. The van der Waals surface area contributed by atoms with Crippen molar-refractivity contribution in [3.05, 3.63) is 48.0 Å². The van der Waals surface area contributed by atoms with Crippen LogP contribution in [0.15, 0.2) is 36.7 Å². The number of imidazole rings is 1. The Hall–Kier alpha value is -2.10. The molecule has 76 valence electrons. The van der Waals surface area contributed by atoms with Crippen molar-refractivity contribution in [2.24, 2.45) is 5.73 Å². The van der Waals surface area contributed by atoms with Gasteiger partial charge >= 0.3 is 0 Å². The van der Waals surface area contributed by atoms with E-state index in [0.717, 1.165) is 11.3 Å². The molecule has 4 nitrogen and oxygen atoms in total. The standard InChI is InChI=1S/C11H11N3O/c1-8-4-2-3-5-9(8)14-7-6-13-11(14)10(12)15/h2-7H,1H3,(H2,12,15). The second kappa shape index (κ2) is 3.57. The van der Waals surface area contributed by atoms with Crippen LogP contribution in [-0.2, 0) is 0 Å². The zero-order chi connectivity index (χ0) is 10.8. The van der Waals surface area contributed by atoms with Crippen LogP contribution in [0.1, 0.15) is 16.2 Å². The van der Waals surface area contributed by atoms with E-state index in [1.54, 1.807) is 17.0 Å². The summed E-state index contributed by atoms with van der Waals surface area (Å²) in [5.74, 6) is -0.271. The van der Waals surface area contributed by atoms with E-state index in [1.807, 2.05) is 31.2 Å². The predicted octanol–water partition coefficient (Wildman–Crippen LogP) is 1.28. The number of amides is 1. The van der Waals surface area contributed by atoms with Crippen LogP contribution in [0, 0.1) is 6.92 Å². The molecule has 0 saturated carbocycles. The van der Waals surface area contributed by atoms with Gasteiger partial charge in [-0.3, -0.25) is 9.36 Å². The lowest BCUT2D eigenvalue weighted by atomic mass is 10.2. The van der Waals surface area contributed by atoms with Crippen molar-refractivity contribution in [3.63, 3.8) is 0 Å². The minimum atomic E-state index is -0.525. The van der Waals surface area contributed by atoms with Gasteiger partial charge in [0.25, 0.3) is 5.91 Å². The lowest BCUT2D eigenvalue weighted by molar-refractivity contribution is 0.0989. The number of hydrogen-bond donors (Lipinski definition) is 1. The number of para-hydroxylation sites is 1. The van der Waals surface area contributed by atoms with Crippen molar-refractivity contribution in [2.75, 3.05) is 0 Å². The molecule has 1 aromatic carbocycles. The lowest BCUT2D eigenvalue weighted by Gasteiger charge is -2.08. The first-order valence-electron chi connectivity index (χ1n) is 4.59. The molecule has 0 atom stereocenters. The third-order valence-electron chi connectivity index (χ3n) is 2.24. The van der Waals surface area contributed by atoms with Gasteiger partial charge < -0.3 is 5.73 Å². The van der Waals surface area contributed by atoms with Crippen molar-refractivity contribution >= 4 is 5.91 Å². The lowest BCUT2D eigenvalue weighted by Crippen LogP contribution is -2.17. The van der Waals surface area contributed by atoms with Crippen molar-refractivity contribution in [1.82, 2.24) is 9.55 Å². The number of carbonyl (C=O) groups excluding carboxylic acids is 1. The summed E-state index contributed by atoms with van der Waals surface area (Å²) in [6.07, 6.45) is 3.29. The Morgan fingerprint density at radius 3 is 2.80 bits per heavy atom. The molecule has 0 fully saturated rings. The summed E-state index contributed by atoms with van der Waals surface area (Å²) < 4.78 is 1.69. The summed E-state index contributed by atoms with van der Waals surface area (Å²) in [6, 6.07) is 7.75. The summed E-state index contributed by atoms with van der Waals surface area (Å²) in [5, 5.41) is 0. The van der Waals surface area contributed by atoms with Crippen LogP contribution in [0.25, 0.3) is 5.69 Å². The van der Waals surface area contributed by atoms with Crippen LogP contribution < -0.4 is 5.73 Å². The Bertz CT molecular complexity index is 502. The van der Waals surface area contributed by atoms with Gasteiger partial charge in [-0.2, -0.15) is 0 Å². The Morgan fingerprint density at radius 2 is 2.13 bits per heavy atom. The van der Waals surface area contributed by atoms with Crippen molar-refractivity contribution < 1.29 is 4.79 Å². The average molecular weight is 201 g/mol. The maximum Gasteiger partial charge on any atom is 0.285 e. The third kappa shape index (κ3) is 1.61. The monoisotopic (exact) mass is 201 g/mol. The van der Waals surface area contributed by atoms with Gasteiger partial charge in [0.15, 0.2) is 0 Å². The van der Waals surface area contributed by atoms with Gasteiger partial charge in [0, 0.05) is 12.4 Å². The number of rotatable bonds is 2. The minimum absolute atomic E-state index is 0.254. The fourth-order valence-electron chi connectivity index (χ4n) is 1.51. The molecule has 2 N–H and O–H groups in total. The molecule has 2 aromatic rings. The average Bonchev–Trinajstić information content (AvgIpc) is 2.67. The smallest absolute Gasteiger partial charge is 0.285 e. The topological polar surface area (TPSA) is 60.9 Å². The SMILES string of the molecule is Cc1ccccc1-n1ccnc1C(N)=O. The first-order valence-corrected chi connectivity index (χ1v) is 4.59. The molecule has 1 amide bonds. The van der Waals surface area contributed by atoms with E-state index in [1.165, 1.54) is 0 Å². The number of aromatic nitrogens is 2. The van der Waals surface area contributed by atoms with Crippen LogP contribution in [0.2, 0.25) is 0 Å². The van der Waals surface area contributed by atoms with E-state index in [9.17, 15) is 4.79 Å². The normalized spacial score (nSPS) is 10.2. The van der Waals surface area contributed by atoms with Gasteiger partial charge in [0.1, 0.15) is 0 Å². The molecule has 0 bridgehead atoms. The second-order valence-electron chi connectivity index (χ2n) is 3.27. The molecule has 1 aromatic heterocycles. The van der Waals surface area contributed by atoms with Crippen molar-refractivity contribution in [2.45, 2.75) is 6.92 Å². The Kier molecular flexibility index (Phi) is 2.25. The molecule has 0 aliphatic carbocycles. The number of nitrogens with zero attached hydrogens (tertiary/aromatic N) is 2. The molecule has 0 saturated heterocycles. The molecule has 0 unspecified atom stereocenters. The molecular formula is C11H11N3O. The van der Waals surface area contributed by atoms with E-state index < -0.39 is 5.91 Å². The Labute approximate surface area is 87.4 Å². The third-order valence-corrected chi connectivity index (χ3v) is 2.24. The van der Waals surface area contributed by atoms with Gasteiger partial charge in [-0.1, -0.05) is 18.2 Å². The highest BCUT2D eigenvalue weighted by Gasteiger charge is 2.10. The van der Waals surface area contributed by atoms with Crippen molar-refractivity contribution in [3.8, 4) is 5.69 Å². The van der Waals surface area contributed by atoms with Crippen molar-refractivity contribution in [1.29, 1.82) is 0 Å². The molecule has 0 aliphatic rings. The summed E-state index contributed by atoms with van der Waals surface area (Å²) in [4.78, 5) is 15.0. The highest BCUT2D eigenvalue weighted by atomic mass is 16.1. The highest BCUT2D eigenvalue weighted by Crippen LogP contribution is 2.14. The van der Waals surface area contributed by atoms with Gasteiger partial charge in [0.05, 0.1) is 5.69 Å². The van der Waals surface area contributed by atoms with E-state index >= 15 is 0 Å². The van der Waals surface area contributed by atoms with E-state index in [0.29, 0.717) is 0 Å². The fraction of sp³-hybridized carbons (Fsp3) is 0.0909. The van der Waals surface area contributed by atoms with Gasteiger partial charge in [-0.15, -0.1) is 0 Å². The summed E-state index contributed by atoms with van der Waals surface area (Å²) >= 11 is 0. The molecule has 4 heteroatoms. The first kappa shape index (κ1) is 9.45. The maximum atomic E-state index is 11.1. The molecule has 0 aliphatic heterocycles. The van der Waals surface area contributed by atoms with Gasteiger partial charge in [0.2, 0.25) is 5.82 Å². The van der Waals surface area contributed by atoms with E-state index in [4.69, 9.17) is 5.73 Å². The largest absolute Gasteiger partial charge is 0.363 e. The van der Waals surface area contributed by atoms with Gasteiger partial charge in [-0.05, 0) is 18.6 Å². The number of primary amides is 1. The summed E-state index contributed by atoms with van der Waals surface area (Å²) in [7, 11) is 0. The molecule has 15 heavy (non-hydrogen) atoms. The number of benzene rings is 1. The minimum Gasteiger partial charge on any atom is -0.363 e. The zero-order valence-electron chi connectivity index (χ0n) is 8.34. The number of carbonyl (C=O) groups is 1. The first-order chi connectivity index (χ1) is 7.20. The summed E-state index contributed by atoms with van der Waals surface area (Å²) in [5.41, 5.74) is 7.21. The van der Waals surface area contributed by atoms with Crippen LogP contribution in [0.5, 0.6) is 0 Å². The molecule has 0 spiro atoms. The van der Waals surface area contributed by atoms with Crippen LogP contribution in [0.4, 0.5) is 0 Å². The van der Waals surface area contributed by atoms with Crippen LogP contribution >= 0.6 is 0 Å². The molecule has 0 radical (unpaired) electrons.